The zero-order valence-corrected chi connectivity index (χ0v) is 20.0. The summed E-state index contributed by atoms with van der Waals surface area (Å²) in [6.07, 6.45) is 4.84. The number of carbonyl (C=O) groups is 1. The summed E-state index contributed by atoms with van der Waals surface area (Å²) in [6.45, 7) is 11.1. The lowest BCUT2D eigenvalue weighted by Gasteiger charge is -2.33. The second kappa shape index (κ2) is 10.3. The minimum absolute atomic E-state index is 0.0606. The van der Waals surface area contributed by atoms with Gasteiger partial charge in [0.05, 0.1) is 5.69 Å². The third-order valence-corrected chi connectivity index (χ3v) is 6.27. The zero-order valence-electron chi connectivity index (χ0n) is 20.0. The third kappa shape index (κ3) is 5.50. The smallest absolute Gasteiger partial charge is 0.268 e. The molecule has 1 amide bonds. The predicted octanol–water partition coefficient (Wildman–Crippen LogP) is 4.35. The Labute approximate surface area is 195 Å². The molecule has 1 atom stereocenters. The van der Waals surface area contributed by atoms with Crippen LogP contribution in [0.25, 0.3) is 17.3 Å². The van der Waals surface area contributed by atoms with Crippen LogP contribution >= 0.6 is 0 Å². The van der Waals surface area contributed by atoms with Crippen LogP contribution in [0.4, 0.5) is 0 Å². The number of carbonyl (C=O) groups excluding carboxylic acids is 1. The van der Waals surface area contributed by atoms with Gasteiger partial charge in [-0.3, -0.25) is 4.79 Å². The summed E-state index contributed by atoms with van der Waals surface area (Å²) in [7, 11) is 0. The molecule has 1 aliphatic heterocycles. The Morgan fingerprint density at radius 2 is 2.09 bits per heavy atom. The number of hydrogen-bond acceptors (Lipinski definition) is 6. The predicted molar refractivity (Wildman–Crippen MR) is 128 cm³/mol. The largest absolute Gasteiger partial charge is 0.420 e. The summed E-state index contributed by atoms with van der Waals surface area (Å²) >= 11 is 0. The number of nitrogens with one attached hydrogen (secondary N) is 1. The Kier molecular flexibility index (Phi) is 7.23. The van der Waals surface area contributed by atoms with E-state index < -0.39 is 0 Å². The first kappa shape index (κ1) is 23.2. The van der Waals surface area contributed by atoms with E-state index >= 15 is 0 Å². The van der Waals surface area contributed by atoms with E-state index in [1.807, 2.05) is 35.0 Å². The zero-order chi connectivity index (χ0) is 23.4. The average Bonchev–Trinajstić information content (AvgIpc) is 3.44. The Balaban J connectivity index is 1.44. The average molecular weight is 451 g/mol. The van der Waals surface area contributed by atoms with E-state index in [0.29, 0.717) is 35.6 Å². The lowest BCUT2D eigenvalue weighted by Crippen LogP contribution is -2.39. The second-order valence-electron chi connectivity index (χ2n) is 9.19. The van der Waals surface area contributed by atoms with Crippen molar-refractivity contribution in [3.05, 3.63) is 47.5 Å². The molecular weight excluding hydrogens is 416 g/mol. The van der Waals surface area contributed by atoms with Gasteiger partial charge < -0.3 is 14.6 Å². The lowest BCUT2D eigenvalue weighted by molar-refractivity contribution is 0.0949. The van der Waals surface area contributed by atoms with Crippen LogP contribution in [0.2, 0.25) is 0 Å². The van der Waals surface area contributed by atoms with Crippen molar-refractivity contribution in [2.24, 2.45) is 0 Å². The van der Waals surface area contributed by atoms with Gasteiger partial charge >= 0.3 is 0 Å². The van der Waals surface area contributed by atoms with Gasteiger partial charge in [0.2, 0.25) is 5.89 Å². The number of benzene rings is 1. The molecule has 0 spiro atoms. The van der Waals surface area contributed by atoms with Crippen molar-refractivity contribution in [3.8, 4) is 17.3 Å². The normalized spacial score (nSPS) is 16.9. The number of hydrogen-bond donors (Lipinski definition) is 1. The first-order chi connectivity index (χ1) is 15.9. The molecule has 0 radical (unpaired) electrons. The van der Waals surface area contributed by atoms with E-state index in [4.69, 9.17) is 9.52 Å². The van der Waals surface area contributed by atoms with Crippen LogP contribution in [-0.4, -0.2) is 56.5 Å². The van der Waals surface area contributed by atoms with Gasteiger partial charge in [-0.25, -0.2) is 4.68 Å². The molecule has 8 heteroatoms. The van der Waals surface area contributed by atoms with E-state index in [0.717, 1.165) is 24.3 Å². The SMILES string of the molecule is Cc1nnc(-c2cc(C(C)C)n(-c3cccc(C(=O)NCCCN4CCCC[C@@H]4C)c3)n2)o1. The highest BCUT2D eigenvalue weighted by molar-refractivity contribution is 5.94. The quantitative estimate of drug-likeness (QED) is 0.513. The molecule has 0 saturated carbocycles. The van der Waals surface area contributed by atoms with Gasteiger partial charge in [0.1, 0.15) is 5.69 Å². The van der Waals surface area contributed by atoms with Crippen molar-refractivity contribution in [3.63, 3.8) is 0 Å². The Hall–Kier alpha value is -3.00. The van der Waals surface area contributed by atoms with Crippen molar-refractivity contribution in [1.82, 2.24) is 30.2 Å². The molecule has 0 aliphatic carbocycles. The van der Waals surface area contributed by atoms with Crippen molar-refractivity contribution >= 4 is 5.91 Å². The van der Waals surface area contributed by atoms with Gasteiger partial charge in [0.25, 0.3) is 11.8 Å². The summed E-state index contributed by atoms with van der Waals surface area (Å²) in [5.74, 6) is 1.06. The van der Waals surface area contributed by atoms with Gasteiger partial charge in [-0.15, -0.1) is 10.2 Å². The van der Waals surface area contributed by atoms with Gasteiger partial charge in [0, 0.05) is 37.3 Å². The lowest BCUT2D eigenvalue weighted by atomic mass is 10.0. The number of rotatable bonds is 8. The van der Waals surface area contributed by atoms with E-state index in [1.54, 1.807) is 6.92 Å². The highest BCUT2D eigenvalue weighted by Gasteiger charge is 2.19. The van der Waals surface area contributed by atoms with Gasteiger partial charge in [-0.2, -0.15) is 5.10 Å². The Morgan fingerprint density at radius 3 is 2.82 bits per heavy atom. The highest BCUT2D eigenvalue weighted by Crippen LogP contribution is 2.26. The van der Waals surface area contributed by atoms with Crippen LogP contribution in [0.1, 0.15) is 74.3 Å². The molecule has 8 nitrogen and oxygen atoms in total. The molecular formula is C25H34N6O2. The fraction of sp³-hybridized carbons (Fsp3) is 0.520. The highest BCUT2D eigenvalue weighted by atomic mass is 16.4. The van der Waals surface area contributed by atoms with Crippen LogP contribution in [0, 0.1) is 6.92 Å². The summed E-state index contributed by atoms with van der Waals surface area (Å²) < 4.78 is 7.41. The molecule has 1 aliphatic rings. The minimum atomic E-state index is -0.0606. The maximum Gasteiger partial charge on any atom is 0.268 e. The number of aryl methyl sites for hydroxylation is 1. The van der Waals surface area contributed by atoms with Crippen LogP contribution in [0.5, 0.6) is 0 Å². The molecule has 0 unspecified atom stereocenters. The monoisotopic (exact) mass is 450 g/mol. The third-order valence-electron chi connectivity index (χ3n) is 6.27. The second-order valence-corrected chi connectivity index (χ2v) is 9.19. The summed E-state index contributed by atoms with van der Waals surface area (Å²) in [4.78, 5) is 15.3. The topological polar surface area (TPSA) is 89.1 Å². The fourth-order valence-electron chi connectivity index (χ4n) is 4.37. The van der Waals surface area contributed by atoms with Crippen LogP contribution in [0.3, 0.4) is 0 Å². The fourth-order valence-corrected chi connectivity index (χ4v) is 4.37. The van der Waals surface area contributed by atoms with Crippen LogP contribution < -0.4 is 5.32 Å². The van der Waals surface area contributed by atoms with Crippen LogP contribution in [-0.2, 0) is 0 Å². The number of nitrogens with zero attached hydrogens (tertiary/aromatic N) is 5. The maximum atomic E-state index is 12.8. The van der Waals surface area contributed by atoms with Crippen molar-refractivity contribution in [1.29, 1.82) is 0 Å². The molecule has 176 valence electrons. The van der Waals surface area contributed by atoms with E-state index in [9.17, 15) is 4.79 Å². The number of amides is 1. The summed E-state index contributed by atoms with van der Waals surface area (Å²) in [5.41, 5.74) is 3.09. The van der Waals surface area contributed by atoms with E-state index in [1.165, 1.54) is 25.8 Å². The first-order valence-corrected chi connectivity index (χ1v) is 12.0. The number of likely N-dealkylation sites (tertiary alicyclic amines) is 1. The number of piperidine rings is 1. The van der Waals surface area contributed by atoms with Gasteiger partial charge in [0.15, 0.2) is 0 Å². The molecule has 1 saturated heterocycles. The summed E-state index contributed by atoms with van der Waals surface area (Å²) in [5, 5.41) is 15.8. The van der Waals surface area contributed by atoms with Crippen LogP contribution in [0.15, 0.2) is 34.7 Å². The molecule has 3 heterocycles. The molecule has 4 rings (SSSR count). The maximum absolute atomic E-state index is 12.8. The standard InChI is InChI=1S/C25H34N6O2/c1-17(2)23-16-22(25-28-27-19(4)33-25)29-31(23)21-11-7-10-20(15-21)24(32)26-12-8-14-30-13-6-5-9-18(30)3/h7,10-11,15-18H,5-6,8-9,12-14H2,1-4H3,(H,26,32)/t18-/m0/s1. The molecule has 1 fully saturated rings. The van der Waals surface area contributed by atoms with Crippen molar-refractivity contribution in [2.75, 3.05) is 19.6 Å². The molecule has 33 heavy (non-hydrogen) atoms. The van der Waals surface area contributed by atoms with E-state index in [-0.39, 0.29) is 11.8 Å². The van der Waals surface area contributed by atoms with Gasteiger partial charge in [-0.05, 0) is 62.9 Å². The minimum Gasteiger partial charge on any atom is -0.420 e. The van der Waals surface area contributed by atoms with E-state index in [2.05, 4.69) is 41.2 Å². The molecule has 2 aromatic heterocycles. The Bertz CT molecular complexity index is 1090. The number of aromatic nitrogens is 4. The molecule has 0 bridgehead atoms. The molecule has 1 aromatic carbocycles. The first-order valence-electron chi connectivity index (χ1n) is 12.0. The Morgan fingerprint density at radius 1 is 1.24 bits per heavy atom. The molecule has 3 aromatic rings. The molecule has 1 N–H and O–H groups in total. The summed E-state index contributed by atoms with van der Waals surface area (Å²) in [6, 6.07) is 10.2. The van der Waals surface area contributed by atoms with Crippen molar-refractivity contribution < 1.29 is 9.21 Å². The van der Waals surface area contributed by atoms with Gasteiger partial charge in [-0.1, -0.05) is 26.3 Å². The van der Waals surface area contributed by atoms with Crippen molar-refractivity contribution in [2.45, 2.75) is 65.3 Å².